The van der Waals surface area contributed by atoms with Crippen LogP contribution < -0.4 is 15.8 Å². The summed E-state index contributed by atoms with van der Waals surface area (Å²) in [5, 5.41) is 3.43. The Morgan fingerprint density at radius 2 is 1.94 bits per heavy atom. The number of likely N-dealkylation sites (tertiary alicyclic amines) is 1. The maximum atomic E-state index is 12.5. The number of pyridine rings is 1. The van der Waals surface area contributed by atoms with Gasteiger partial charge in [0.2, 0.25) is 0 Å². The predicted octanol–water partition coefficient (Wildman–Crippen LogP) is 2.53. The van der Waals surface area contributed by atoms with E-state index in [0.717, 1.165) is 62.5 Å². The van der Waals surface area contributed by atoms with E-state index in [1.54, 1.807) is 12.3 Å². The molecule has 2 aliphatic rings. The zero-order valence-electron chi connectivity index (χ0n) is 19.0. The summed E-state index contributed by atoms with van der Waals surface area (Å²) in [6.07, 6.45) is 5.00. The second-order valence-corrected chi connectivity index (χ2v) is 8.93. The van der Waals surface area contributed by atoms with Gasteiger partial charge in [0.1, 0.15) is 11.5 Å². The van der Waals surface area contributed by atoms with E-state index in [0.29, 0.717) is 23.7 Å². The van der Waals surface area contributed by atoms with Crippen molar-refractivity contribution in [3.8, 4) is 0 Å². The third-order valence-electron chi connectivity index (χ3n) is 6.90. The Morgan fingerprint density at radius 3 is 2.70 bits per heavy atom. The van der Waals surface area contributed by atoms with E-state index in [1.807, 2.05) is 37.3 Å². The molecule has 1 aromatic carbocycles. The zero-order valence-corrected chi connectivity index (χ0v) is 19.0. The molecule has 3 aromatic rings. The second kappa shape index (κ2) is 9.31. The van der Waals surface area contributed by atoms with Crippen LogP contribution in [0.3, 0.4) is 0 Å². The molecule has 8 nitrogen and oxygen atoms in total. The largest absolute Gasteiger partial charge is 0.370 e. The van der Waals surface area contributed by atoms with Crippen LogP contribution >= 0.6 is 0 Å². The molecule has 2 aliphatic heterocycles. The molecule has 5 rings (SSSR count). The molecular formula is C25H30N6O2. The number of aromatic nitrogens is 3. The number of piperidine rings is 1. The molecule has 4 heterocycles. The summed E-state index contributed by atoms with van der Waals surface area (Å²) in [6, 6.07) is 11.9. The molecule has 8 heteroatoms. The predicted molar refractivity (Wildman–Crippen MR) is 129 cm³/mol. The minimum absolute atomic E-state index is 0.0471. The Hall–Kier alpha value is -3.26. The fourth-order valence-electron chi connectivity index (χ4n) is 5.09. The van der Waals surface area contributed by atoms with E-state index in [9.17, 15) is 9.59 Å². The molecular weight excluding hydrogens is 416 g/mol. The van der Waals surface area contributed by atoms with Crippen molar-refractivity contribution in [3.05, 3.63) is 64.5 Å². The molecule has 0 saturated carbocycles. The number of amides is 1. The van der Waals surface area contributed by atoms with Crippen molar-refractivity contribution in [2.24, 2.45) is 0 Å². The maximum Gasteiger partial charge on any atom is 0.269 e. The molecule has 2 aromatic heterocycles. The molecule has 0 spiro atoms. The number of carbonyl (C=O) groups is 1. The summed E-state index contributed by atoms with van der Waals surface area (Å²) in [7, 11) is 0. The number of carbonyl (C=O) groups excluding carboxylic acids is 1. The number of fused-ring (bicyclic) bond motifs is 1. The van der Waals surface area contributed by atoms with Crippen LogP contribution in [0.2, 0.25) is 0 Å². The van der Waals surface area contributed by atoms with Crippen molar-refractivity contribution in [3.63, 3.8) is 0 Å². The lowest BCUT2D eigenvalue weighted by molar-refractivity contribution is 0.0951. The van der Waals surface area contributed by atoms with Gasteiger partial charge in [0.25, 0.3) is 11.5 Å². The second-order valence-electron chi connectivity index (χ2n) is 8.93. The Morgan fingerprint density at radius 1 is 1.12 bits per heavy atom. The Labute approximate surface area is 193 Å². The minimum atomic E-state index is -0.131. The van der Waals surface area contributed by atoms with Crippen LogP contribution in [-0.2, 0) is 0 Å². The summed E-state index contributed by atoms with van der Waals surface area (Å²) in [6.45, 7) is 6.42. The highest BCUT2D eigenvalue weighted by molar-refractivity contribution is 5.92. The molecule has 1 unspecified atom stereocenters. The highest BCUT2D eigenvalue weighted by atomic mass is 16.1. The fourth-order valence-corrected chi connectivity index (χ4v) is 5.09. The monoisotopic (exact) mass is 446 g/mol. The van der Waals surface area contributed by atoms with Gasteiger partial charge in [-0.3, -0.25) is 14.5 Å². The lowest BCUT2D eigenvalue weighted by atomic mass is 10.0. The number of aromatic amines is 1. The molecule has 33 heavy (non-hydrogen) atoms. The molecule has 0 radical (unpaired) electrons. The van der Waals surface area contributed by atoms with E-state index in [2.05, 4.69) is 25.1 Å². The number of nitrogens with zero attached hydrogens (tertiary/aromatic N) is 4. The van der Waals surface area contributed by atoms with Crippen molar-refractivity contribution in [1.29, 1.82) is 0 Å². The van der Waals surface area contributed by atoms with Crippen molar-refractivity contribution in [1.82, 2.24) is 25.2 Å². The van der Waals surface area contributed by atoms with Gasteiger partial charge in [-0.25, -0.2) is 9.97 Å². The van der Waals surface area contributed by atoms with Gasteiger partial charge in [0, 0.05) is 38.1 Å². The normalized spacial score (nSPS) is 19.8. The third kappa shape index (κ3) is 4.48. The summed E-state index contributed by atoms with van der Waals surface area (Å²) >= 11 is 0. The number of para-hydroxylation sites is 1. The molecule has 2 saturated heterocycles. The van der Waals surface area contributed by atoms with Crippen LogP contribution in [0.15, 0.2) is 47.4 Å². The quantitative estimate of drug-likeness (QED) is 0.626. The van der Waals surface area contributed by atoms with Gasteiger partial charge < -0.3 is 15.2 Å². The summed E-state index contributed by atoms with van der Waals surface area (Å²) in [5.74, 6) is 0.955. The number of H-pyrrole nitrogens is 1. The van der Waals surface area contributed by atoms with Gasteiger partial charge in [0.05, 0.1) is 22.8 Å². The maximum absolute atomic E-state index is 12.5. The number of hydrogen-bond donors (Lipinski definition) is 2. The van der Waals surface area contributed by atoms with E-state index in [-0.39, 0.29) is 17.4 Å². The standard InChI is InChI=1S/C25H30N6O2/c1-2-26-25(33)22-8-7-19(15-27-22)30-13-10-18(11-14-30)31-12-9-17(16-31)23-28-21-6-4-3-5-20(21)24(32)29-23/h3-8,15,17-18H,2,9-14,16H2,1H3,(H,26,33)(H,28,29,32). The first-order chi connectivity index (χ1) is 16.1. The number of nitrogens with one attached hydrogen (secondary N) is 2. The summed E-state index contributed by atoms with van der Waals surface area (Å²) < 4.78 is 0. The average molecular weight is 447 g/mol. The highest BCUT2D eigenvalue weighted by Gasteiger charge is 2.32. The van der Waals surface area contributed by atoms with Gasteiger partial charge >= 0.3 is 0 Å². The topological polar surface area (TPSA) is 94.2 Å². The molecule has 1 amide bonds. The number of hydrogen-bond acceptors (Lipinski definition) is 6. The molecule has 2 fully saturated rings. The molecule has 0 aliphatic carbocycles. The van der Waals surface area contributed by atoms with E-state index >= 15 is 0 Å². The Balaban J connectivity index is 1.19. The first kappa shape index (κ1) is 21.6. The lowest BCUT2D eigenvalue weighted by Crippen LogP contribution is -2.44. The summed E-state index contributed by atoms with van der Waals surface area (Å²) in [5.41, 5.74) is 2.25. The third-order valence-corrected chi connectivity index (χ3v) is 6.90. The minimum Gasteiger partial charge on any atom is -0.370 e. The van der Waals surface area contributed by atoms with E-state index in [4.69, 9.17) is 4.98 Å². The van der Waals surface area contributed by atoms with Crippen molar-refractivity contribution >= 4 is 22.5 Å². The molecule has 172 valence electrons. The Kier molecular flexibility index (Phi) is 6.09. The van der Waals surface area contributed by atoms with Crippen molar-refractivity contribution < 1.29 is 4.79 Å². The first-order valence-electron chi connectivity index (χ1n) is 11.8. The van der Waals surface area contributed by atoms with Gasteiger partial charge in [-0.2, -0.15) is 0 Å². The van der Waals surface area contributed by atoms with Crippen LogP contribution in [0.4, 0.5) is 5.69 Å². The van der Waals surface area contributed by atoms with Gasteiger partial charge in [-0.05, 0) is 57.0 Å². The van der Waals surface area contributed by atoms with E-state index in [1.165, 1.54) is 0 Å². The van der Waals surface area contributed by atoms with Crippen LogP contribution in [0, 0.1) is 0 Å². The SMILES string of the molecule is CCNC(=O)c1ccc(N2CCC(N3CCC(c4nc5ccccc5c(=O)[nH]4)C3)CC2)cn1. The van der Waals surface area contributed by atoms with Gasteiger partial charge in [-0.1, -0.05) is 12.1 Å². The van der Waals surface area contributed by atoms with E-state index < -0.39 is 0 Å². The van der Waals surface area contributed by atoms with Crippen LogP contribution in [0.5, 0.6) is 0 Å². The van der Waals surface area contributed by atoms with Crippen LogP contribution in [0.1, 0.15) is 48.4 Å². The van der Waals surface area contributed by atoms with Crippen LogP contribution in [0.25, 0.3) is 10.9 Å². The van der Waals surface area contributed by atoms with Gasteiger partial charge in [-0.15, -0.1) is 0 Å². The molecule has 1 atom stereocenters. The van der Waals surface area contributed by atoms with Crippen molar-refractivity contribution in [2.45, 2.75) is 38.1 Å². The highest BCUT2D eigenvalue weighted by Crippen LogP contribution is 2.30. The average Bonchev–Trinajstić information content (AvgIpc) is 3.35. The number of rotatable bonds is 5. The Bertz CT molecular complexity index is 1180. The fraction of sp³-hybridized carbons (Fsp3) is 0.440. The smallest absolute Gasteiger partial charge is 0.269 e. The van der Waals surface area contributed by atoms with Crippen LogP contribution in [-0.4, -0.2) is 64.5 Å². The zero-order chi connectivity index (χ0) is 22.8. The summed E-state index contributed by atoms with van der Waals surface area (Å²) in [4.78, 5) is 41.4. The molecule has 0 bridgehead atoms. The molecule has 2 N–H and O–H groups in total. The van der Waals surface area contributed by atoms with Gasteiger partial charge in [0.15, 0.2) is 0 Å². The number of anilines is 1. The van der Waals surface area contributed by atoms with Crippen molar-refractivity contribution in [2.75, 3.05) is 37.6 Å². The first-order valence-corrected chi connectivity index (χ1v) is 11.8. The number of benzene rings is 1. The lowest BCUT2D eigenvalue weighted by Gasteiger charge is -2.37.